The first kappa shape index (κ1) is 88.9. The number of nitrogens with zero attached hydrogens (tertiary/aromatic N) is 1. The minimum atomic E-state index is -1.32. The molecule has 32 heteroatoms. The lowest BCUT2D eigenvalue weighted by molar-refractivity contribution is -0.137. The number of hydrogen-bond donors (Lipinski definition) is 9. The van der Waals surface area contributed by atoms with Gasteiger partial charge in [-0.3, -0.25) is 44.3 Å². The normalized spacial score (nSPS) is 14.3. The number of fused-ring (bicyclic) bond motifs is 3. The molecule has 30 nitrogen and oxygen atoms in total. The van der Waals surface area contributed by atoms with Crippen molar-refractivity contribution in [3.05, 3.63) is 203 Å². The van der Waals surface area contributed by atoms with E-state index in [9.17, 15) is 58.8 Å². The van der Waals surface area contributed by atoms with Crippen molar-refractivity contribution in [3.8, 4) is 66.9 Å². The molecular weight excluding hydrogens is 1590 g/mol. The van der Waals surface area contributed by atoms with E-state index in [1.54, 1.807) is 65.1 Å². The minimum Gasteiger partial charge on any atom is -0.508 e. The van der Waals surface area contributed by atoms with Crippen molar-refractivity contribution in [2.45, 2.75) is 51.6 Å². The van der Waals surface area contributed by atoms with Crippen LogP contribution < -0.4 is 45.9 Å². The smallest absolute Gasteiger partial charge is 0.338 e. The Labute approximate surface area is 699 Å². The van der Waals surface area contributed by atoms with Gasteiger partial charge in [0.15, 0.2) is 11.5 Å². The van der Waals surface area contributed by atoms with Gasteiger partial charge in [0.1, 0.15) is 53.8 Å². The number of aryl methyl sites for hydroxylation is 2. The number of imide groups is 3. The number of nitrogens with two attached hydrogens (primary N) is 1. The van der Waals surface area contributed by atoms with Crippen LogP contribution in [0.25, 0.3) is 41.1 Å². The molecule has 8 aromatic carbocycles. The lowest BCUT2D eigenvalue weighted by atomic mass is 10.0. The Morgan fingerprint density at radius 1 is 0.450 bits per heavy atom. The van der Waals surface area contributed by atoms with Crippen LogP contribution in [-0.4, -0.2) is 217 Å². The number of benzene rings is 8. The van der Waals surface area contributed by atoms with E-state index in [0.29, 0.717) is 167 Å². The van der Waals surface area contributed by atoms with Crippen LogP contribution in [-0.2, 0) is 57.1 Å². The van der Waals surface area contributed by atoms with Crippen molar-refractivity contribution in [1.29, 1.82) is 0 Å². The zero-order valence-electron chi connectivity index (χ0n) is 66.1. The molecule has 0 spiro atoms. The van der Waals surface area contributed by atoms with E-state index in [1.165, 1.54) is 29.3 Å². The van der Waals surface area contributed by atoms with E-state index >= 15 is 0 Å². The highest BCUT2D eigenvalue weighted by Gasteiger charge is 2.46. The molecule has 3 aliphatic heterocycles. The molecule has 0 aliphatic carbocycles. The number of piperidine rings is 2. The number of ether oxygens (including phenoxy) is 12. The maximum absolute atomic E-state index is 13.2. The molecule has 632 valence electrons. The quantitative estimate of drug-likeness (QED) is 0.0127. The standard InChI is InChI=1S/C44H45N3O11S.C39H41NO11S.C5H8N2O2/c1-28-5-7-29(8-6-28)41-40(33-14-9-30(48)27-37(33)59-41)58-32-12-10-31(11-13-32)57-26-25-56-24-23-55-22-21-54-20-19-53-18-17-45-35-4-2-3-34-39(35)44(52)47(43(34)51)36-15-16-38(49)46-42(36)50;1-26-5-7-27(8-6-26)37-36(31-14-9-28(41)25-34(31)52-37)51-30-12-10-29(11-13-30)50-24-23-49-22-21-48-20-19-47-18-17-46-16-15-40-33-4-2-3-32(38(42)43)35(33)39(44)45;6-3-1-2-4(8)7-5(3)9/h2-14,27,36,45,48H,15-26H2,1H3,(H,46,49,50);2-14,25,40-41H,15-24H2,1H3,(H,42,43)(H,44,45);3H,1-2,6H2,(H,7,8,9). The summed E-state index contributed by atoms with van der Waals surface area (Å²) in [6, 6.07) is 49.8. The van der Waals surface area contributed by atoms with Gasteiger partial charge < -0.3 is 93.6 Å². The summed E-state index contributed by atoms with van der Waals surface area (Å²) < 4.78 is 70.8. The second kappa shape index (κ2) is 45.3. The highest BCUT2D eigenvalue weighted by molar-refractivity contribution is 7.23. The van der Waals surface area contributed by atoms with Gasteiger partial charge in [0.2, 0.25) is 23.6 Å². The number of thiophene rings is 2. The molecular formula is C88H94N6O24S2. The SMILES string of the molecule is Cc1ccc(-c2sc3cc(O)ccc3c2Oc2ccc(OCCOCCOCCOCCOCCNc3cccc(C(=O)O)c3C(=O)O)cc2)cc1.Cc1ccc(-c2sc3cc(O)ccc3c2Oc2ccc(OCCOCCOCCOCCOCCNc3cccc4c3C(=O)N(C3CCC(=O)NC3=O)C4=O)cc2)cc1.NC1CCC(=O)NC1=O. The van der Waals surface area contributed by atoms with Crippen molar-refractivity contribution in [2.24, 2.45) is 5.73 Å². The molecule has 0 bridgehead atoms. The van der Waals surface area contributed by atoms with Crippen molar-refractivity contribution in [1.82, 2.24) is 15.5 Å². The average molecular weight is 1680 g/mol. The predicted octanol–water partition coefficient (Wildman–Crippen LogP) is 12.4. The van der Waals surface area contributed by atoms with Crippen molar-refractivity contribution in [3.63, 3.8) is 0 Å². The Balaban J connectivity index is 0.000000213. The average Bonchev–Trinajstić information content (AvgIpc) is 1.61. The van der Waals surface area contributed by atoms with Crippen molar-refractivity contribution < 1.29 is 116 Å². The van der Waals surface area contributed by atoms with Gasteiger partial charge >= 0.3 is 11.9 Å². The number of nitrogens with one attached hydrogen (secondary N) is 4. The maximum atomic E-state index is 13.2. The molecule has 10 aromatic rings. The number of carbonyl (C=O) groups excluding carboxylic acids is 6. The van der Waals surface area contributed by atoms with Gasteiger partial charge in [0, 0.05) is 57.5 Å². The summed E-state index contributed by atoms with van der Waals surface area (Å²) in [5, 5.41) is 50.9. The van der Waals surface area contributed by atoms with E-state index < -0.39 is 47.7 Å². The topological polar surface area (TPSA) is 406 Å². The van der Waals surface area contributed by atoms with E-state index in [1.807, 2.05) is 60.7 Å². The highest BCUT2D eigenvalue weighted by atomic mass is 32.1. The number of aromatic hydroxyl groups is 2. The van der Waals surface area contributed by atoms with Gasteiger partial charge in [-0.1, -0.05) is 71.8 Å². The summed E-state index contributed by atoms with van der Waals surface area (Å²) >= 11 is 3.16. The van der Waals surface area contributed by atoms with Gasteiger partial charge in [0.25, 0.3) is 11.8 Å². The number of hydrogen-bond acceptors (Lipinski definition) is 27. The van der Waals surface area contributed by atoms with Crippen LogP contribution >= 0.6 is 22.7 Å². The fourth-order valence-electron chi connectivity index (χ4n) is 12.5. The van der Waals surface area contributed by atoms with E-state index in [2.05, 4.69) is 83.6 Å². The summed E-state index contributed by atoms with van der Waals surface area (Å²) in [7, 11) is 0. The van der Waals surface area contributed by atoms with Crippen LogP contribution in [0.1, 0.15) is 78.2 Å². The molecule has 0 radical (unpaired) electrons. The van der Waals surface area contributed by atoms with Crippen LogP contribution in [0, 0.1) is 13.8 Å². The number of rotatable bonds is 43. The number of aromatic carboxylic acids is 2. The molecule has 6 amide bonds. The number of anilines is 2. The van der Waals surface area contributed by atoms with E-state index in [0.717, 1.165) is 57.5 Å². The molecule has 0 saturated carbocycles. The Kier molecular flexibility index (Phi) is 33.6. The Bertz CT molecular complexity index is 5140. The number of phenolic OH excluding ortho intramolecular Hbond substituents is 2. The first-order valence-electron chi connectivity index (χ1n) is 38.9. The monoisotopic (exact) mass is 1680 g/mol. The minimum absolute atomic E-state index is 0.0621. The zero-order valence-corrected chi connectivity index (χ0v) is 67.7. The third-order valence-corrected chi connectivity index (χ3v) is 20.9. The maximum Gasteiger partial charge on any atom is 0.338 e. The van der Waals surface area contributed by atoms with Gasteiger partial charge in [-0.2, -0.15) is 0 Å². The molecule has 2 fully saturated rings. The molecule has 120 heavy (non-hydrogen) atoms. The highest BCUT2D eigenvalue weighted by Crippen LogP contribution is 2.49. The molecule has 2 unspecified atom stereocenters. The number of carboxylic acids is 2. The Morgan fingerprint density at radius 2 is 0.850 bits per heavy atom. The number of amides is 6. The summed E-state index contributed by atoms with van der Waals surface area (Å²) in [4.78, 5) is 96.8. The third-order valence-electron chi connectivity index (χ3n) is 18.6. The summed E-state index contributed by atoms with van der Waals surface area (Å²) in [6.07, 6.45) is 1.01. The van der Waals surface area contributed by atoms with E-state index in [-0.39, 0.29) is 70.7 Å². The lowest BCUT2D eigenvalue weighted by Gasteiger charge is -2.27. The molecule has 2 atom stereocenters. The molecule has 13 rings (SSSR count). The molecule has 10 N–H and O–H groups in total. The van der Waals surface area contributed by atoms with Crippen molar-refractivity contribution >= 4 is 102 Å². The van der Waals surface area contributed by atoms with Gasteiger partial charge in [-0.05, 0) is 147 Å². The van der Waals surface area contributed by atoms with Gasteiger partial charge in [0.05, 0.1) is 144 Å². The van der Waals surface area contributed by atoms with E-state index in [4.69, 9.17) is 62.6 Å². The predicted molar refractivity (Wildman–Crippen MR) is 449 cm³/mol. The Morgan fingerprint density at radius 3 is 1.27 bits per heavy atom. The third kappa shape index (κ3) is 25.6. The van der Waals surface area contributed by atoms with Crippen LogP contribution in [0.5, 0.6) is 46.0 Å². The fourth-order valence-corrected chi connectivity index (χ4v) is 14.9. The summed E-state index contributed by atoms with van der Waals surface area (Å²) in [5.74, 6) is -0.708. The molecule has 3 aliphatic rings. The first-order chi connectivity index (χ1) is 58.3. The molecule has 5 heterocycles. The van der Waals surface area contributed by atoms with Crippen LogP contribution in [0.3, 0.4) is 0 Å². The zero-order chi connectivity index (χ0) is 84.7. The number of carboxylic acid groups (broad SMARTS) is 2. The van der Waals surface area contributed by atoms with Crippen LogP contribution in [0.2, 0.25) is 0 Å². The first-order valence-corrected chi connectivity index (χ1v) is 40.5. The summed E-state index contributed by atoms with van der Waals surface area (Å²) in [6.45, 7) is 11.7. The fraction of sp³-hybridized carbons (Fsp3) is 0.318. The lowest BCUT2D eigenvalue weighted by Crippen LogP contribution is -2.54. The second-order valence-corrected chi connectivity index (χ2v) is 29.4. The molecule has 2 aromatic heterocycles. The van der Waals surface area contributed by atoms with Gasteiger partial charge in [-0.25, -0.2) is 9.59 Å². The largest absolute Gasteiger partial charge is 0.508 e. The summed E-state index contributed by atoms with van der Waals surface area (Å²) in [5.41, 5.74) is 10.3. The van der Waals surface area contributed by atoms with Crippen LogP contribution in [0.4, 0.5) is 11.4 Å². The second-order valence-electron chi connectivity index (χ2n) is 27.3. The number of carbonyl (C=O) groups is 8. The molecule has 2 saturated heterocycles. The van der Waals surface area contributed by atoms with Crippen LogP contribution in [0.15, 0.2) is 170 Å². The number of phenols is 2. The van der Waals surface area contributed by atoms with Gasteiger partial charge in [-0.15, -0.1) is 22.7 Å². The Hall–Kier alpha value is -11.9. The van der Waals surface area contributed by atoms with Crippen molar-refractivity contribution in [2.75, 3.05) is 143 Å².